The number of aliphatic carboxylic acids is 1. The van der Waals surface area contributed by atoms with Gasteiger partial charge in [-0.25, -0.2) is 4.68 Å². The molecule has 0 spiro atoms. The topological polar surface area (TPSA) is 94.0 Å². The van der Waals surface area contributed by atoms with Crippen LogP contribution in [0.5, 0.6) is 0 Å². The van der Waals surface area contributed by atoms with Crippen LogP contribution in [0, 0.1) is 5.92 Å². The molecule has 6 heteroatoms. The minimum absolute atomic E-state index is 0.0291. The first-order valence-electron chi connectivity index (χ1n) is 4.52. The van der Waals surface area contributed by atoms with Crippen molar-refractivity contribution < 1.29 is 9.90 Å². The van der Waals surface area contributed by atoms with E-state index in [1.165, 1.54) is 0 Å². The highest BCUT2D eigenvalue weighted by Gasteiger charge is 2.37. The number of carboxylic acids is 1. The molecule has 1 heterocycles. The number of rotatable bonds is 2. The maximum Gasteiger partial charge on any atom is 0.306 e. The summed E-state index contributed by atoms with van der Waals surface area (Å²) in [5, 5.41) is 16.4. The molecule has 1 aromatic rings. The molecule has 1 unspecified atom stereocenters. The Morgan fingerprint density at radius 2 is 2.36 bits per heavy atom. The summed E-state index contributed by atoms with van der Waals surface area (Å²) in [5.41, 5.74) is 5.85. The lowest BCUT2D eigenvalue weighted by Crippen LogP contribution is -2.27. The number of hydrogen-bond acceptors (Lipinski definition) is 4. The van der Waals surface area contributed by atoms with E-state index in [0.29, 0.717) is 12.8 Å². The van der Waals surface area contributed by atoms with Crippen molar-refractivity contribution in [1.29, 1.82) is 0 Å². The fraction of sp³-hybridized carbons (Fsp3) is 0.625. The zero-order chi connectivity index (χ0) is 10.1. The third-order valence-electron chi connectivity index (χ3n) is 2.71. The van der Waals surface area contributed by atoms with Gasteiger partial charge in [-0.1, -0.05) is 5.21 Å². The van der Waals surface area contributed by atoms with E-state index in [0.717, 1.165) is 0 Å². The van der Waals surface area contributed by atoms with Crippen LogP contribution in [0.2, 0.25) is 0 Å². The van der Waals surface area contributed by atoms with Gasteiger partial charge in [0, 0.05) is 12.2 Å². The molecule has 6 nitrogen and oxygen atoms in total. The fourth-order valence-electron chi connectivity index (χ4n) is 1.95. The van der Waals surface area contributed by atoms with Crippen molar-refractivity contribution >= 4 is 5.97 Å². The van der Waals surface area contributed by atoms with Crippen LogP contribution in [0.4, 0.5) is 0 Å². The van der Waals surface area contributed by atoms with Crippen molar-refractivity contribution in [3.63, 3.8) is 0 Å². The largest absolute Gasteiger partial charge is 0.481 e. The molecule has 1 aliphatic carbocycles. The highest BCUT2D eigenvalue weighted by atomic mass is 16.4. The van der Waals surface area contributed by atoms with Gasteiger partial charge in [-0.15, -0.1) is 5.10 Å². The molecule has 0 aliphatic heterocycles. The van der Waals surface area contributed by atoms with Crippen molar-refractivity contribution in [2.24, 2.45) is 11.7 Å². The second-order valence-corrected chi connectivity index (χ2v) is 3.62. The Bertz CT molecular complexity index is 324. The number of nitrogens with zero attached hydrogens (tertiary/aromatic N) is 3. The van der Waals surface area contributed by atoms with Crippen molar-refractivity contribution in [1.82, 2.24) is 15.0 Å². The monoisotopic (exact) mass is 196 g/mol. The molecule has 1 aliphatic rings. The SMILES string of the molecule is N[C@@H]1CC(C(=O)O)C[C@@H]1n1ccnn1. The predicted octanol–water partition coefficient (Wildman–Crippen LogP) is -0.359. The van der Waals surface area contributed by atoms with Crippen LogP contribution in [0.3, 0.4) is 0 Å². The maximum absolute atomic E-state index is 10.8. The number of carbonyl (C=O) groups is 1. The highest BCUT2D eigenvalue weighted by molar-refractivity contribution is 5.70. The van der Waals surface area contributed by atoms with E-state index in [1.807, 2.05) is 0 Å². The van der Waals surface area contributed by atoms with E-state index < -0.39 is 5.97 Å². The van der Waals surface area contributed by atoms with Gasteiger partial charge in [0.05, 0.1) is 18.2 Å². The minimum Gasteiger partial charge on any atom is -0.481 e. The Balaban J connectivity index is 2.12. The summed E-state index contributed by atoms with van der Waals surface area (Å²) in [5.74, 6) is -1.12. The fourth-order valence-corrected chi connectivity index (χ4v) is 1.95. The number of aromatic nitrogens is 3. The summed E-state index contributed by atoms with van der Waals surface area (Å²) < 4.78 is 1.65. The van der Waals surface area contributed by atoms with Gasteiger partial charge in [0.2, 0.25) is 0 Å². The molecule has 14 heavy (non-hydrogen) atoms. The van der Waals surface area contributed by atoms with Crippen LogP contribution < -0.4 is 5.73 Å². The van der Waals surface area contributed by atoms with Gasteiger partial charge in [-0.2, -0.15) is 0 Å². The maximum atomic E-state index is 10.8. The van der Waals surface area contributed by atoms with Crippen LogP contribution in [0.1, 0.15) is 18.9 Å². The third kappa shape index (κ3) is 1.48. The Kier molecular flexibility index (Phi) is 2.20. The molecule has 1 saturated carbocycles. The van der Waals surface area contributed by atoms with E-state index in [-0.39, 0.29) is 18.0 Å². The second-order valence-electron chi connectivity index (χ2n) is 3.62. The van der Waals surface area contributed by atoms with E-state index >= 15 is 0 Å². The minimum atomic E-state index is -0.775. The molecule has 3 atom stereocenters. The van der Waals surface area contributed by atoms with Crippen molar-refractivity contribution in [2.45, 2.75) is 24.9 Å². The standard InChI is InChI=1S/C8H12N4O2/c9-6-3-5(8(13)14)4-7(6)12-2-1-10-11-12/h1-2,5-7H,3-4,9H2,(H,13,14)/t5?,6-,7+/m1/s1. The first-order chi connectivity index (χ1) is 6.68. The summed E-state index contributed by atoms with van der Waals surface area (Å²) in [6, 6.07) is -0.170. The quantitative estimate of drug-likeness (QED) is 0.673. The summed E-state index contributed by atoms with van der Waals surface area (Å²) in [6.45, 7) is 0. The second kappa shape index (κ2) is 3.38. The molecule has 0 bridgehead atoms. The van der Waals surface area contributed by atoms with Crippen LogP contribution in [-0.2, 0) is 4.79 Å². The molecule has 0 aromatic carbocycles. The first kappa shape index (κ1) is 9.14. The van der Waals surface area contributed by atoms with Gasteiger partial charge >= 0.3 is 5.97 Å². The number of nitrogens with two attached hydrogens (primary N) is 1. The summed E-state index contributed by atoms with van der Waals surface area (Å²) >= 11 is 0. The molecule has 0 saturated heterocycles. The Labute approximate surface area is 80.7 Å². The van der Waals surface area contributed by atoms with Crippen molar-refractivity contribution in [3.8, 4) is 0 Å². The van der Waals surface area contributed by atoms with Crippen molar-refractivity contribution in [2.75, 3.05) is 0 Å². The summed E-state index contributed by atoms with van der Waals surface area (Å²) in [7, 11) is 0. The van der Waals surface area contributed by atoms with Crippen molar-refractivity contribution in [3.05, 3.63) is 12.4 Å². The van der Waals surface area contributed by atoms with Crippen LogP contribution >= 0.6 is 0 Å². The Morgan fingerprint density at radius 3 is 2.86 bits per heavy atom. The molecule has 0 radical (unpaired) electrons. The van der Waals surface area contributed by atoms with Gasteiger partial charge in [0.25, 0.3) is 0 Å². The van der Waals surface area contributed by atoms with Crippen LogP contribution in [0.15, 0.2) is 12.4 Å². The van der Waals surface area contributed by atoms with Crippen LogP contribution in [0.25, 0.3) is 0 Å². The molecule has 1 aromatic heterocycles. The number of hydrogen-bond donors (Lipinski definition) is 2. The average molecular weight is 196 g/mol. The van der Waals surface area contributed by atoms with E-state index in [9.17, 15) is 4.79 Å². The molecule has 1 fully saturated rings. The molecule has 76 valence electrons. The zero-order valence-electron chi connectivity index (χ0n) is 7.58. The van der Waals surface area contributed by atoms with Gasteiger partial charge in [-0.05, 0) is 12.8 Å². The van der Waals surface area contributed by atoms with E-state index in [2.05, 4.69) is 10.3 Å². The lowest BCUT2D eigenvalue weighted by Gasteiger charge is -2.13. The van der Waals surface area contributed by atoms with E-state index in [4.69, 9.17) is 10.8 Å². The van der Waals surface area contributed by atoms with Gasteiger partial charge < -0.3 is 10.8 Å². The highest BCUT2D eigenvalue weighted by Crippen LogP contribution is 2.33. The Hall–Kier alpha value is -1.43. The van der Waals surface area contributed by atoms with Gasteiger partial charge in [-0.3, -0.25) is 4.79 Å². The lowest BCUT2D eigenvalue weighted by atomic mass is 10.1. The molecular weight excluding hydrogens is 184 g/mol. The average Bonchev–Trinajstić information content (AvgIpc) is 2.71. The van der Waals surface area contributed by atoms with E-state index in [1.54, 1.807) is 17.1 Å². The number of carboxylic acid groups (broad SMARTS) is 1. The van der Waals surface area contributed by atoms with Gasteiger partial charge in [0.15, 0.2) is 0 Å². The van der Waals surface area contributed by atoms with Gasteiger partial charge in [0.1, 0.15) is 0 Å². The third-order valence-corrected chi connectivity index (χ3v) is 2.71. The predicted molar refractivity (Wildman–Crippen MR) is 47.4 cm³/mol. The molecular formula is C8H12N4O2. The molecule has 0 amide bonds. The molecule has 3 N–H and O–H groups in total. The lowest BCUT2D eigenvalue weighted by molar-refractivity contribution is -0.141. The normalized spacial score (nSPS) is 31.9. The first-order valence-corrected chi connectivity index (χ1v) is 4.52. The smallest absolute Gasteiger partial charge is 0.306 e. The zero-order valence-corrected chi connectivity index (χ0v) is 7.58. The van der Waals surface area contributed by atoms with Crippen LogP contribution in [-0.4, -0.2) is 32.1 Å². The summed E-state index contributed by atoms with van der Waals surface area (Å²) in [4.78, 5) is 10.8. The Morgan fingerprint density at radius 1 is 1.57 bits per heavy atom. The summed E-state index contributed by atoms with van der Waals surface area (Å²) in [6.07, 6.45) is 4.34. The molecule has 2 rings (SSSR count).